The van der Waals surface area contributed by atoms with E-state index in [1.165, 1.54) is 0 Å². The van der Waals surface area contributed by atoms with Crippen LogP contribution in [0.3, 0.4) is 0 Å². The summed E-state index contributed by atoms with van der Waals surface area (Å²) in [6.45, 7) is 5.54. The first-order valence-electron chi connectivity index (χ1n) is 14.2. The molecule has 10 heteroatoms. The van der Waals surface area contributed by atoms with Crippen LogP contribution in [0.4, 0.5) is 5.69 Å². The van der Waals surface area contributed by atoms with Gasteiger partial charge in [-0.15, -0.1) is 0 Å². The molecule has 218 valence electrons. The molecule has 41 heavy (non-hydrogen) atoms. The van der Waals surface area contributed by atoms with Gasteiger partial charge in [-0.1, -0.05) is 31.5 Å². The van der Waals surface area contributed by atoms with Crippen LogP contribution < -0.4 is 20.1 Å². The molecule has 0 saturated carbocycles. The minimum Gasteiger partial charge on any atom is -0.481 e. The van der Waals surface area contributed by atoms with E-state index in [-0.39, 0.29) is 25.2 Å². The number of benzene rings is 2. The number of carboxylic acids is 1. The van der Waals surface area contributed by atoms with Crippen molar-refractivity contribution in [1.82, 2.24) is 9.88 Å². The van der Waals surface area contributed by atoms with Crippen molar-refractivity contribution in [2.45, 2.75) is 58.0 Å². The number of carboxylic acid groups (broad SMARTS) is 1. The first-order chi connectivity index (χ1) is 19.9. The average Bonchev–Trinajstić information content (AvgIpc) is 3.70. The number of unbranched alkanes of at least 4 members (excludes halogenated alkanes) is 1. The van der Waals surface area contributed by atoms with Crippen LogP contribution in [-0.2, 0) is 22.6 Å². The minimum atomic E-state index is -0.894. The number of oxazole rings is 1. The fourth-order valence-electron chi connectivity index (χ4n) is 5.95. The second-order valence-corrected chi connectivity index (χ2v) is 10.8. The van der Waals surface area contributed by atoms with Crippen molar-refractivity contribution in [2.75, 3.05) is 31.3 Å². The van der Waals surface area contributed by atoms with E-state index in [9.17, 15) is 14.7 Å². The fourth-order valence-corrected chi connectivity index (χ4v) is 5.95. The number of hydrogen-bond donors (Lipinski definition) is 2. The average molecular weight is 563 g/mol. The highest BCUT2D eigenvalue weighted by molar-refractivity contribution is 5.95. The summed E-state index contributed by atoms with van der Waals surface area (Å²) in [5.41, 5.74) is 8.49. The predicted octanol–water partition coefficient (Wildman–Crippen LogP) is 4.11. The lowest BCUT2D eigenvalue weighted by Crippen LogP contribution is -2.44. The van der Waals surface area contributed by atoms with Crippen molar-refractivity contribution in [3.8, 4) is 11.5 Å². The Morgan fingerprint density at radius 1 is 1.17 bits per heavy atom. The van der Waals surface area contributed by atoms with Crippen molar-refractivity contribution in [2.24, 2.45) is 11.7 Å². The number of amides is 1. The molecule has 3 heterocycles. The quantitative estimate of drug-likeness (QED) is 0.335. The maximum Gasteiger partial charge on any atom is 0.308 e. The summed E-state index contributed by atoms with van der Waals surface area (Å²) in [5, 5.41) is 10.5. The lowest BCUT2D eigenvalue weighted by atomic mass is 9.83. The Kier molecular flexibility index (Phi) is 8.90. The molecule has 0 aliphatic carbocycles. The molecule has 10 nitrogen and oxygen atoms in total. The number of hydrogen-bond acceptors (Lipinski definition) is 8. The number of rotatable bonds is 12. The van der Waals surface area contributed by atoms with Crippen LogP contribution in [0.1, 0.15) is 54.9 Å². The summed E-state index contributed by atoms with van der Waals surface area (Å²) >= 11 is 0. The number of fused-ring (bicyclic) bond motifs is 1. The zero-order valence-electron chi connectivity index (χ0n) is 23.6. The van der Waals surface area contributed by atoms with E-state index in [0.29, 0.717) is 55.6 Å². The second kappa shape index (κ2) is 12.7. The van der Waals surface area contributed by atoms with Gasteiger partial charge in [0.2, 0.25) is 12.7 Å². The van der Waals surface area contributed by atoms with Gasteiger partial charge in [-0.05, 0) is 55.2 Å². The van der Waals surface area contributed by atoms with E-state index in [1.54, 1.807) is 11.1 Å². The Balaban J connectivity index is 1.44. The Labute approximate surface area is 240 Å². The highest BCUT2D eigenvalue weighted by atomic mass is 16.7. The van der Waals surface area contributed by atoms with Crippen LogP contribution >= 0.6 is 0 Å². The van der Waals surface area contributed by atoms with Gasteiger partial charge in [0, 0.05) is 43.7 Å². The van der Waals surface area contributed by atoms with Crippen molar-refractivity contribution < 1.29 is 28.6 Å². The van der Waals surface area contributed by atoms with Crippen molar-refractivity contribution in [3.63, 3.8) is 0 Å². The molecule has 1 fully saturated rings. The van der Waals surface area contributed by atoms with E-state index in [2.05, 4.69) is 11.9 Å². The lowest BCUT2D eigenvalue weighted by Gasteiger charge is -2.30. The fraction of sp³-hybridized carbons (Fsp3) is 0.452. The summed E-state index contributed by atoms with van der Waals surface area (Å²) in [6, 6.07) is 12.9. The van der Waals surface area contributed by atoms with Crippen LogP contribution in [0, 0.1) is 12.8 Å². The van der Waals surface area contributed by atoms with E-state index >= 15 is 0 Å². The minimum absolute atomic E-state index is 0.0694. The number of nitrogens with two attached hydrogens (primary N) is 1. The maximum atomic E-state index is 13.9. The number of aliphatic carboxylic acids is 1. The molecule has 0 spiro atoms. The Bertz CT molecular complexity index is 1370. The molecule has 0 bridgehead atoms. The van der Waals surface area contributed by atoms with Crippen molar-refractivity contribution in [1.29, 1.82) is 0 Å². The number of aryl methyl sites for hydroxylation is 2. The maximum absolute atomic E-state index is 13.9. The molecule has 2 aromatic carbocycles. The van der Waals surface area contributed by atoms with Crippen LogP contribution in [-0.4, -0.2) is 59.3 Å². The van der Waals surface area contributed by atoms with Gasteiger partial charge in [-0.25, -0.2) is 4.98 Å². The molecule has 3 atom stereocenters. The summed E-state index contributed by atoms with van der Waals surface area (Å²) in [6.07, 6.45) is 4.41. The number of ether oxygens (including phenoxy) is 2. The molecule has 2 aliphatic rings. The monoisotopic (exact) mass is 562 g/mol. The molecule has 5 rings (SSSR count). The van der Waals surface area contributed by atoms with E-state index in [0.717, 1.165) is 29.7 Å². The summed E-state index contributed by atoms with van der Waals surface area (Å²) < 4.78 is 16.7. The molecule has 1 aromatic heterocycles. The molecule has 3 aromatic rings. The third-order valence-corrected chi connectivity index (χ3v) is 8.01. The van der Waals surface area contributed by atoms with E-state index < -0.39 is 17.9 Å². The topological polar surface area (TPSA) is 131 Å². The number of nitrogens with zero attached hydrogens (tertiary/aromatic N) is 3. The number of aromatic nitrogens is 1. The Morgan fingerprint density at radius 3 is 2.73 bits per heavy atom. The second-order valence-electron chi connectivity index (χ2n) is 10.8. The SMILES string of the molecule is CCCCN(C(=O)CN1C[C@H](c2ccc3c(c2)OCO3)[C@@H](C(=O)O)[C@@H]1CCc1ncc(C)o1)c1cccc(CN)c1. The van der Waals surface area contributed by atoms with Crippen LogP contribution in [0.5, 0.6) is 11.5 Å². The normalized spacial score (nSPS) is 19.9. The molecule has 3 N–H and O–H groups in total. The molecule has 1 saturated heterocycles. The van der Waals surface area contributed by atoms with Gasteiger partial charge >= 0.3 is 5.97 Å². The molecular formula is C31H38N4O6. The van der Waals surface area contributed by atoms with Gasteiger partial charge in [-0.2, -0.15) is 0 Å². The standard InChI is InChI=1S/C31H38N4O6/c1-3-4-12-35(23-7-5-6-21(13-23)15-32)29(36)18-34-17-24(22-8-10-26-27(14-22)40-19-39-26)30(31(37)38)25(34)9-11-28-33-16-20(2)41-28/h5-8,10,13-14,16,24-25,30H,3-4,9,11-12,15,17-19,32H2,1-2H3,(H,37,38)/t24-,25+,30-/m1/s1. The zero-order chi connectivity index (χ0) is 28.9. The third-order valence-electron chi connectivity index (χ3n) is 8.01. The smallest absolute Gasteiger partial charge is 0.308 e. The Morgan fingerprint density at radius 2 is 2.00 bits per heavy atom. The molecule has 1 amide bonds. The number of carbonyl (C=O) groups is 2. The van der Waals surface area contributed by atoms with Gasteiger partial charge < -0.3 is 29.6 Å². The van der Waals surface area contributed by atoms with E-state index in [4.69, 9.17) is 19.6 Å². The third kappa shape index (κ3) is 6.39. The summed E-state index contributed by atoms with van der Waals surface area (Å²) in [5.74, 6) is 0.492. The van der Waals surface area contributed by atoms with Crippen LogP contribution in [0.15, 0.2) is 53.1 Å². The highest BCUT2D eigenvalue weighted by Crippen LogP contribution is 2.43. The van der Waals surface area contributed by atoms with E-state index in [1.807, 2.05) is 54.3 Å². The molecular weight excluding hydrogens is 524 g/mol. The van der Waals surface area contributed by atoms with Gasteiger partial charge in [-0.3, -0.25) is 14.5 Å². The molecule has 2 aliphatic heterocycles. The van der Waals surface area contributed by atoms with Crippen LogP contribution in [0.25, 0.3) is 0 Å². The zero-order valence-corrected chi connectivity index (χ0v) is 23.6. The lowest BCUT2D eigenvalue weighted by molar-refractivity contribution is -0.143. The number of anilines is 1. The predicted molar refractivity (Wildman–Crippen MR) is 153 cm³/mol. The largest absolute Gasteiger partial charge is 0.481 e. The van der Waals surface area contributed by atoms with Gasteiger partial charge in [0.05, 0.1) is 18.7 Å². The number of likely N-dealkylation sites (tertiary alicyclic amines) is 1. The molecule has 0 unspecified atom stereocenters. The first kappa shape index (κ1) is 28.6. The van der Waals surface area contributed by atoms with Crippen LogP contribution in [0.2, 0.25) is 0 Å². The van der Waals surface area contributed by atoms with Gasteiger partial charge in [0.25, 0.3) is 0 Å². The molecule has 0 radical (unpaired) electrons. The van der Waals surface area contributed by atoms with Gasteiger partial charge in [0.1, 0.15) is 5.76 Å². The summed E-state index contributed by atoms with van der Waals surface area (Å²) in [4.78, 5) is 34.9. The highest BCUT2D eigenvalue weighted by Gasteiger charge is 2.47. The van der Waals surface area contributed by atoms with Gasteiger partial charge in [0.15, 0.2) is 17.4 Å². The van der Waals surface area contributed by atoms with Crippen molar-refractivity contribution in [3.05, 3.63) is 71.4 Å². The number of carbonyl (C=O) groups excluding carboxylic acids is 1. The summed E-state index contributed by atoms with van der Waals surface area (Å²) in [7, 11) is 0. The Hall–Kier alpha value is -3.89. The van der Waals surface area contributed by atoms with Crippen molar-refractivity contribution >= 4 is 17.6 Å². The first-order valence-corrected chi connectivity index (χ1v) is 14.2.